The number of carboxylic acid groups (broad SMARTS) is 1. The Labute approximate surface area is 121 Å². The van der Waals surface area contributed by atoms with Gasteiger partial charge < -0.3 is 5.11 Å². The summed E-state index contributed by atoms with van der Waals surface area (Å²) >= 11 is 3.18. The Bertz CT molecular complexity index is 584. The summed E-state index contributed by atoms with van der Waals surface area (Å²) in [4.78, 5) is 11.0. The van der Waals surface area contributed by atoms with Crippen molar-refractivity contribution in [2.24, 2.45) is 0 Å². The van der Waals surface area contributed by atoms with E-state index < -0.39 is 16.0 Å². The molecule has 0 atom stereocenters. The molecule has 7 heteroatoms. The smallest absolute Gasteiger partial charge is 0.335 e. The normalized spacial score (nSPS) is 11.5. The molecule has 1 rings (SSSR count). The van der Waals surface area contributed by atoms with Gasteiger partial charge in [0.25, 0.3) is 0 Å². The first-order valence-corrected chi connectivity index (χ1v) is 8.10. The van der Waals surface area contributed by atoms with Crippen molar-refractivity contribution in [3.8, 4) is 0 Å². The summed E-state index contributed by atoms with van der Waals surface area (Å²) in [5.74, 6) is -1.16. The third-order valence-electron chi connectivity index (χ3n) is 2.66. The van der Waals surface area contributed by atoms with Crippen molar-refractivity contribution in [2.75, 3.05) is 6.54 Å². The lowest BCUT2D eigenvalue weighted by Crippen LogP contribution is -2.25. The van der Waals surface area contributed by atoms with Crippen LogP contribution in [0.25, 0.3) is 0 Å². The molecule has 2 N–H and O–H groups in total. The van der Waals surface area contributed by atoms with Gasteiger partial charge in [0, 0.05) is 11.0 Å². The largest absolute Gasteiger partial charge is 0.478 e. The minimum atomic E-state index is -3.69. The van der Waals surface area contributed by atoms with E-state index in [1.54, 1.807) is 6.92 Å². The van der Waals surface area contributed by atoms with Crippen molar-refractivity contribution in [1.29, 1.82) is 0 Å². The first-order chi connectivity index (χ1) is 8.79. The lowest BCUT2D eigenvalue weighted by Gasteiger charge is -2.11. The topological polar surface area (TPSA) is 83.5 Å². The van der Waals surface area contributed by atoms with Crippen molar-refractivity contribution in [3.63, 3.8) is 0 Å². The van der Waals surface area contributed by atoms with Crippen molar-refractivity contribution >= 4 is 31.9 Å². The Kier molecular flexibility index (Phi) is 5.51. The Morgan fingerprint density at radius 1 is 1.42 bits per heavy atom. The summed E-state index contributed by atoms with van der Waals surface area (Å²) in [7, 11) is -3.69. The molecule has 0 spiro atoms. The second-order valence-corrected chi connectivity index (χ2v) is 6.73. The summed E-state index contributed by atoms with van der Waals surface area (Å²) in [5.41, 5.74) is 0.433. The Hall–Kier alpha value is -0.920. The molecule has 1 aromatic rings. The van der Waals surface area contributed by atoms with Crippen molar-refractivity contribution < 1.29 is 18.3 Å². The van der Waals surface area contributed by atoms with Crippen LogP contribution in [0.3, 0.4) is 0 Å². The van der Waals surface area contributed by atoms with Gasteiger partial charge in [-0.05, 0) is 31.0 Å². The van der Waals surface area contributed by atoms with Crippen LogP contribution in [0, 0.1) is 6.92 Å². The van der Waals surface area contributed by atoms with Gasteiger partial charge in [0.15, 0.2) is 0 Å². The van der Waals surface area contributed by atoms with E-state index in [1.807, 2.05) is 6.92 Å². The van der Waals surface area contributed by atoms with Gasteiger partial charge in [0.2, 0.25) is 10.0 Å². The van der Waals surface area contributed by atoms with Crippen LogP contribution in [0.1, 0.15) is 35.7 Å². The predicted molar refractivity (Wildman–Crippen MR) is 75.9 cm³/mol. The highest BCUT2D eigenvalue weighted by Crippen LogP contribution is 2.25. The van der Waals surface area contributed by atoms with Crippen molar-refractivity contribution in [3.05, 3.63) is 27.7 Å². The number of rotatable bonds is 6. The minimum absolute atomic E-state index is 0.00428. The summed E-state index contributed by atoms with van der Waals surface area (Å²) in [6.45, 7) is 3.93. The molecular weight excluding hydrogens is 334 g/mol. The van der Waals surface area contributed by atoms with Crippen LogP contribution >= 0.6 is 15.9 Å². The van der Waals surface area contributed by atoms with Crippen LogP contribution in [0.5, 0.6) is 0 Å². The van der Waals surface area contributed by atoms with E-state index in [0.717, 1.165) is 12.8 Å². The first-order valence-electron chi connectivity index (χ1n) is 5.82. The Morgan fingerprint density at radius 3 is 2.58 bits per heavy atom. The molecule has 19 heavy (non-hydrogen) atoms. The molecule has 0 saturated carbocycles. The average molecular weight is 350 g/mol. The van der Waals surface area contributed by atoms with Gasteiger partial charge in [-0.3, -0.25) is 0 Å². The molecule has 0 saturated heterocycles. The standard InChI is InChI=1S/C12H16BrNO4S/c1-3-4-5-14-19(17,18)11-7-9(12(15)16)6-10(13)8(11)2/h6-7,14H,3-5H2,1-2H3,(H,15,16). The second-order valence-electron chi connectivity index (χ2n) is 4.14. The molecule has 5 nitrogen and oxygen atoms in total. The molecule has 0 amide bonds. The first kappa shape index (κ1) is 16.1. The zero-order valence-corrected chi connectivity index (χ0v) is 13.1. The fourth-order valence-electron chi connectivity index (χ4n) is 1.52. The van der Waals surface area contributed by atoms with E-state index in [-0.39, 0.29) is 10.5 Å². The van der Waals surface area contributed by atoms with E-state index in [4.69, 9.17) is 5.11 Å². The third-order valence-corrected chi connectivity index (χ3v) is 5.07. The summed E-state index contributed by atoms with van der Waals surface area (Å²) in [6, 6.07) is 2.57. The molecule has 0 aliphatic heterocycles. The summed E-state index contributed by atoms with van der Waals surface area (Å²) < 4.78 is 27.2. The van der Waals surface area contributed by atoms with Crippen LogP contribution in [-0.4, -0.2) is 26.0 Å². The molecule has 0 unspecified atom stereocenters. The molecule has 0 aromatic heterocycles. The predicted octanol–water partition coefficient (Wildman–Crippen LogP) is 2.53. The van der Waals surface area contributed by atoms with Crippen molar-refractivity contribution in [2.45, 2.75) is 31.6 Å². The fourth-order valence-corrected chi connectivity index (χ4v) is 3.47. The number of aromatic carboxylic acids is 1. The van der Waals surface area contributed by atoms with Crippen LogP contribution in [-0.2, 0) is 10.0 Å². The molecule has 0 radical (unpaired) electrons. The van der Waals surface area contributed by atoms with E-state index in [9.17, 15) is 13.2 Å². The second kappa shape index (κ2) is 6.49. The molecule has 0 aliphatic rings. The lowest BCUT2D eigenvalue weighted by atomic mass is 10.1. The number of hydrogen-bond donors (Lipinski definition) is 2. The molecule has 0 heterocycles. The van der Waals surface area contributed by atoms with Crippen LogP contribution in [0.15, 0.2) is 21.5 Å². The maximum absolute atomic E-state index is 12.1. The van der Waals surface area contributed by atoms with Gasteiger partial charge in [0.1, 0.15) is 0 Å². The number of halogens is 1. The minimum Gasteiger partial charge on any atom is -0.478 e. The zero-order chi connectivity index (χ0) is 14.6. The maximum atomic E-state index is 12.1. The highest BCUT2D eigenvalue weighted by atomic mass is 79.9. The average Bonchev–Trinajstić information content (AvgIpc) is 2.32. The van der Waals surface area contributed by atoms with E-state index >= 15 is 0 Å². The number of unbranched alkanes of at least 4 members (excludes halogenated alkanes) is 1. The third kappa shape index (κ3) is 4.02. The molecule has 1 aromatic carbocycles. The molecule has 106 valence electrons. The maximum Gasteiger partial charge on any atom is 0.335 e. The molecule has 0 bridgehead atoms. The van der Waals surface area contributed by atoms with Gasteiger partial charge in [-0.1, -0.05) is 29.3 Å². The fraction of sp³-hybridized carbons (Fsp3) is 0.417. The Balaban J connectivity index is 3.21. The zero-order valence-electron chi connectivity index (χ0n) is 10.7. The number of benzene rings is 1. The van der Waals surface area contributed by atoms with Crippen LogP contribution < -0.4 is 4.72 Å². The summed E-state index contributed by atoms with van der Waals surface area (Å²) in [6.07, 6.45) is 1.61. The van der Waals surface area contributed by atoms with Crippen molar-refractivity contribution in [1.82, 2.24) is 4.72 Å². The lowest BCUT2D eigenvalue weighted by molar-refractivity contribution is 0.0696. The molecular formula is C12H16BrNO4S. The van der Waals surface area contributed by atoms with E-state index in [2.05, 4.69) is 20.7 Å². The summed E-state index contributed by atoms with van der Waals surface area (Å²) in [5, 5.41) is 8.97. The van der Waals surface area contributed by atoms with E-state index in [1.165, 1.54) is 12.1 Å². The van der Waals surface area contributed by atoms with Crippen LogP contribution in [0.4, 0.5) is 0 Å². The Morgan fingerprint density at radius 2 is 2.05 bits per heavy atom. The van der Waals surface area contributed by atoms with Gasteiger partial charge in [-0.25, -0.2) is 17.9 Å². The number of sulfonamides is 1. The van der Waals surface area contributed by atoms with Gasteiger partial charge in [-0.2, -0.15) is 0 Å². The number of carbonyl (C=O) groups is 1. The van der Waals surface area contributed by atoms with E-state index in [0.29, 0.717) is 16.6 Å². The van der Waals surface area contributed by atoms with Gasteiger partial charge in [0.05, 0.1) is 10.5 Å². The van der Waals surface area contributed by atoms with Gasteiger partial charge in [-0.15, -0.1) is 0 Å². The quantitative estimate of drug-likeness (QED) is 0.773. The number of nitrogens with one attached hydrogen (secondary N) is 1. The number of hydrogen-bond acceptors (Lipinski definition) is 3. The molecule has 0 aliphatic carbocycles. The molecule has 0 fully saturated rings. The van der Waals surface area contributed by atoms with Gasteiger partial charge >= 0.3 is 5.97 Å². The van der Waals surface area contributed by atoms with Crippen LogP contribution in [0.2, 0.25) is 0 Å². The highest BCUT2D eigenvalue weighted by molar-refractivity contribution is 9.10. The SMILES string of the molecule is CCCCNS(=O)(=O)c1cc(C(=O)O)cc(Br)c1C. The number of carboxylic acids is 1. The monoisotopic (exact) mass is 349 g/mol. The highest BCUT2D eigenvalue weighted by Gasteiger charge is 2.20.